The van der Waals surface area contributed by atoms with E-state index in [9.17, 15) is 4.79 Å². The van der Waals surface area contributed by atoms with Crippen LogP contribution in [-0.4, -0.2) is 9.55 Å². The van der Waals surface area contributed by atoms with Crippen LogP contribution >= 0.6 is 11.3 Å². The fourth-order valence-corrected chi connectivity index (χ4v) is 3.80. The van der Waals surface area contributed by atoms with Gasteiger partial charge in [-0.1, -0.05) is 12.2 Å². The van der Waals surface area contributed by atoms with Crippen molar-refractivity contribution < 1.29 is 0 Å². The Morgan fingerprint density at radius 1 is 1.50 bits per heavy atom. The highest BCUT2D eigenvalue weighted by atomic mass is 32.1. The van der Waals surface area contributed by atoms with E-state index in [1.807, 2.05) is 6.92 Å². The van der Waals surface area contributed by atoms with E-state index in [0.717, 1.165) is 28.6 Å². The van der Waals surface area contributed by atoms with Gasteiger partial charge in [0.1, 0.15) is 4.83 Å². The monoisotopic (exact) mass is 260 g/mol. The highest BCUT2D eigenvalue weighted by Crippen LogP contribution is 2.33. The molecule has 0 N–H and O–H groups in total. The molecule has 2 aromatic heterocycles. The Labute approximate surface area is 110 Å². The first-order chi connectivity index (χ1) is 8.66. The van der Waals surface area contributed by atoms with Crippen molar-refractivity contribution in [2.45, 2.75) is 39.2 Å². The fourth-order valence-electron chi connectivity index (χ4n) is 2.58. The molecule has 0 spiro atoms. The molecule has 3 nitrogen and oxygen atoms in total. The van der Waals surface area contributed by atoms with Crippen molar-refractivity contribution in [1.29, 1.82) is 0 Å². The Bertz CT molecular complexity index is 681. The maximum atomic E-state index is 12.5. The van der Waals surface area contributed by atoms with Gasteiger partial charge in [-0.2, -0.15) is 0 Å². The van der Waals surface area contributed by atoms with Gasteiger partial charge >= 0.3 is 0 Å². The second-order valence-corrected chi connectivity index (χ2v) is 6.11. The van der Waals surface area contributed by atoms with E-state index < -0.39 is 0 Å². The molecule has 2 heterocycles. The number of fused-ring (bicyclic) bond motifs is 3. The van der Waals surface area contributed by atoms with Crippen molar-refractivity contribution in [2.24, 2.45) is 0 Å². The Morgan fingerprint density at radius 3 is 3.06 bits per heavy atom. The molecular weight excluding hydrogens is 244 g/mol. The van der Waals surface area contributed by atoms with Gasteiger partial charge in [0, 0.05) is 11.4 Å². The van der Waals surface area contributed by atoms with Crippen molar-refractivity contribution >= 4 is 21.6 Å². The van der Waals surface area contributed by atoms with Crippen molar-refractivity contribution in [3.63, 3.8) is 0 Å². The lowest BCUT2D eigenvalue weighted by Gasteiger charge is -2.10. The lowest BCUT2D eigenvalue weighted by Crippen LogP contribution is -2.21. The number of hydrogen-bond donors (Lipinski definition) is 0. The van der Waals surface area contributed by atoms with Crippen LogP contribution in [0, 0.1) is 0 Å². The maximum Gasteiger partial charge on any atom is 0.262 e. The van der Waals surface area contributed by atoms with Crippen LogP contribution in [0.4, 0.5) is 0 Å². The van der Waals surface area contributed by atoms with Gasteiger partial charge in [0.25, 0.3) is 5.56 Å². The lowest BCUT2D eigenvalue weighted by atomic mass is 9.97. The third-order valence-corrected chi connectivity index (χ3v) is 4.58. The van der Waals surface area contributed by atoms with Gasteiger partial charge in [-0.25, -0.2) is 4.98 Å². The van der Waals surface area contributed by atoms with E-state index in [1.54, 1.807) is 22.2 Å². The van der Waals surface area contributed by atoms with Crippen LogP contribution in [0.3, 0.4) is 0 Å². The maximum absolute atomic E-state index is 12.5. The van der Waals surface area contributed by atoms with Gasteiger partial charge in [0.2, 0.25) is 0 Å². The van der Waals surface area contributed by atoms with Crippen molar-refractivity contribution in [2.75, 3.05) is 0 Å². The number of thiophene rings is 1. The molecule has 0 saturated carbocycles. The van der Waals surface area contributed by atoms with Gasteiger partial charge in [0.05, 0.1) is 11.7 Å². The molecule has 1 aliphatic rings. The highest BCUT2D eigenvalue weighted by molar-refractivity contribution is 7.18. The normalized spacial score (nSPS) is 14.7. The average molecular weight is 260 g/mol. The number of hydrogen-bond acceptors (Lipinski definition) is 3. The van der Waals surface area contributed by atoms with Crippen LogP contribution < -0.4 is 5.56 Å². The fraction of sp³-hybridized carbons (Fsp3) is 0.429. The average Bonchev–Trinajstić information content (AvgIpc) is 2.71. The number of aromatic nitrogens is 2. The molecule has 94 valence electrons. The third kappa shape index (κ3) is 1.81. The summed E-state index contributed by atoms with van der Waals surface area (Å²) >= 11 is 1.69. The van der Waals surface area contributed by atoms with E-state index >= 15 is 0 Å². The molecule has 0 atom stereocenters. The van der Waals surface area contributed by atoms with E-state index in [-0.39, 0.29) is 5.56 Å². The zero-order chi connectivity index (χ0) is 12.7. The summed E-state index contributed by atoms with van der Waals surface area (Å²) in [7, 11) is 0. The first-order valence-corrected chi connectivity index (χ1v) is 7.12. The van der Waals surface area contributed by atoms with E-state index in [0.29, 0.717) is 6.54 Å². The van der Waals surface area contributed by atoms with Gasteiger partial charge in [0.15, 0.2) is 0 Å². The highest BCUT2D eigenvalue weighted by Gasteiger charge is 2.19. The zero-order valence-electron chi connectivity index (χ0n) is 10.5. The molecule has 0 saturated heterocycles. The topological polar surface area (TPSA) is 34.9 Å². The minimum absolute atomic E-state index is 0.0994. The van der Waals surface area contributed by atoms with Crippen molar-refractivity contribution in [3.8, 4) is 0 Å². The molecule has 0 unspecified atom stereocenters. The third-order valence-electron chi connectivity index (χ3n) is 3.38. The van der Waals surface area contributed by atoms with Crippen LogP contribution in [0.15, 0.2) is 23.3 Å². The van der Waals surface area contributed by atoms with Crippen LogP contribution in [0.2, 0.25) is 0 Å². The summed E-state index contributed by atoms with van der Waals surface area (Å²) in [5.74, 6) is 0. The van der Waals surface area contributed by atoms with Crippen LogP contribution in [0.5, 0.6) is 0 Å². The molecule has 4 heteroatoms. The van der Waals surface area contributed by atoms with E-state index in [1.165, 1.54) is 23.3 Å². The first-order valence-electron chi connectivity index (χ1n) is 6.31. The number of aryl methyl sites for hydroxylation is 2. The summed E-state index contributed by atoms with van der Waals surface area (Å²) in [6.07, 6.45) is 6.22. The minimum Gasteiger partial charge on any atom is -0.295 e. The van der Waals surface area contributed by atoms with Gasteiger partial charge in [-0.3, -0.25) is 9.36 Å². The molecule has 1 aliphatic carbocycles. The van der Waals surface area contributed by atoms with Crippen molar-refractivity contribution in [3.05, 3.63) is 39.3 Å². The smallest absolute Gasteiger partial charge is 0.262 e. The summed E-state index contributed by atoms with van der Waals surface area (Å²) in [6, 6.07) is 0. The predicted molar refractivity (Wildman–Crippen MR) is 75.3 cm³/mol. The minimum atomic E-state index is 0.0994. The summed E-state index contributed by atoms with van der Waals surface area (Å²) < 4.78 is 1.67. The van der Waals surface area contributed by atoms with Crippen LogP contribution in [0.25, 0.3) is 10.2 Å². The molecule has 0 amide bonds. The molecule has 0 fully saturated rings. The Morgan fingerprint density at radius 2 is 2.28 bits per heavy atom. The molecule has 0 aromatic carbocycles. The number of nitrogens with zero attached hydrogens (tertiary/aromatic N) is 2. The quantitative estimate of drug-likeness (QED) is 0.778. The summed E-state index contributed by atoms with van der Waals surface area (Å²) in [6.45, 7) is 6.35. The summed E-state index contributed by atoms with van der Waals surface area (Å²) in [5.41, 5.74) is 2.33. The Kier molecular flexibility index (Phi) is 2.82. The van der Waals surface area contributed by atoms with E-state index in [4.69, 9.17) is 0 Å². The summed E-state index contributed by atoms with van der Waals surface area (Å²) in [4.78, 5) is 19.2. The van der Waals surface area contributed by atoms with Gasteiger partial charge in [-0.15, -0.1) is 11.3 Å². The molecule has 0 bridgehead atoms. The van der Waals surface area contributed by atoms with Gasteiger partial charge in [-0.05, 0) is 38.2 Å². The SMILES string of the molecule is C=C(C)Cn1cnc2sc3c(c2c1=O)CCCC3. The molecular formula is C14H16N2OS. The predicted octanol–water partition coefficient (Wildman–Crippen LogP) is 2.91. The van der Waals surface area contributed by atoms with Gasteiger partial charge < -0.3 is 0 Å². The standard InChI is InChI=1S/C14H16N2OS/c1-9(2)7-16-8-15-13-12(14(16)17)10-5-3-4-6-11(10)18-13/h8H,1,3-7H2,2H3. The number of rotatable bonds is 2. The molecule has 18 heavy (non-hydrogen) atoms. The largest absolute Gasteiger partial charge is 0.295 e. The van der Waals surface area contributed by atoms with Crippen LogP contribution in [0.1, 0.15) is 30.2 Å². The Hall–Kier alpha value is -1.42. The van der Waals surface area contributed by atoms with E-state index in [2.05, 4.69) is 11.6 Å². The zero-order valence-corrected chi connectivity index (χ0v) is 11.3. The number of allylic oxidation sites excluding steroid dienone is 1. The molecule has 3 rings (SSSR count). The molecule has 0 aliphatic heterocycles. The first kappa shape index (κ1) is 11.7. The van der Waals surface area contributed by atoms with Crippen molar-refractivity contribution in [1.82, 2.24) is 9.55 Å². The molecule has 0 radical (unpaired) electrons. The van der Waals surface area contributed by atoms with Crippen LogP contribution in [-0.2, 0) is 19.4 Å². The second-order valence-electron chi connectivity index (χ2n) is 5.03. The second kappa shape index (κ2) is 4.35. The lowest BCUT2D eigenvalue weighted by molar-refractivity contribution is 0.697. The molecule has 2 aromatic rings. The summed E-state index contributed by atoms with van der Waals surface area (Å²) in [5, 5.41) is 0.860. The Balaban J connectivity index is 2.24.